The van der Waals surface area contributed by atoms with E-state index in [2.05, 4.69) is 174 Å². The maximum Gasteiger partial charge on any atom is 0.159 e. The largest absolute Gasteiger partial charge is 0.454 e. The molecule has 8 aromatic carbocycles. The predicted molar refractivity (Wildman–Crippen MR) is 210 cm³/mol. The summed E-state index contributed by atoms with van der Waals surface area (Å²) in [5, 5.41) is 9.66. The summed E-state index contributed by atoms with van der Waals surface area (Å²) in [6, 6.07) is 60.8. The average Bonchev–Trinajstić information content (AvgIpc) is 3.58. The molecule has 10 rings (SSSR count). The number of pyridine rings is 1. The van der Waals surface area contributed by atoms with Gasteiger partial charge in [-0.05, 0) is 97.0 Å². The minimum absolute atomic E-state index is 0.827. The van der Waals surface area contributed by atoms with E-state index in [0.717, 1.165) is 39.0 Å². The summed E-state index contributed by atoms with van der Waals surface area (Å²) >= 11 is 0. The van der Waals surface area contributed by atoms with Crippen molar-refractivity contribution in [3.63, 3.8) is 0 Å². The Balaban J connectivity index is 1.14. The zero-order valence-electron chi connectivity index (χ0n) is 27.1. The normalized spacial score (nSPS) is 11.6. The van der Waals surface area contributed by atoms with Crippen LogP contribution in [0.1, 0.15) is 0 Å². The molecular weight excluding hydrogens is 609 g/mol. The highest BCUT2D eigenvalue weighted by molar-refractivity contribution is 6.23. The lowest BCUT2D eigenvalue weighted by atomic mass is 9.90. The standard InChI is InChI=1S/C47H30N2O/c1-2-9-31(10-3-1)32-19-23-36(24-20-32)49(44-16-8-15-41-43-30-48-28-27-45(43)50-47(41)44)37-25-21-34(22-26-37)42-29-35-18-17-33-11-4-5-12-38(33)46(35)40-14-7-6-13-39(40)42/h1-30H. The van der Waals surface area contributed by atoms with Gasteiger partial charge in [0.05, 0.1) is 5.69 Å². The molecule has 0 atom stereocenters. The summed E-state index contributed by atoms with van der Waals surface area (Å²) in [7, 11) is 0. The van der Waals surface area contributed by atoms with E-state index < -0.39 is 0 Å². The maximum atomic E-state index is 6.53. The first-order valence-electron chi connectivity index (χ1n) is 16.9. The van der Waals surface area contributed by atoms with Crippen molar-refractivity contribution in [3.8, 4) is 22.3 Å². The third-order valence-corrected chi connectivity index (χ3v) is 9.94. The molecule has 0 N–H and O–H groups in total. The van der Waals surface area contributed by atoms with Crippen LogP contribution in [0, 0.1) is 0 Å². The smallest absolute Gasteiger partial charge is 0.159 e. The molecule has 0 aliphatic rings. The first-order chi connectivity index (χ1) is 24.8. The number of hydrogen-bond acceptors (Lipinski definition) is 3. The Morgan fingerprint density at radius 1 is 0.440 bits per heavy atom. The monoisotopic (exact) mass is 638 g/mol. The fourth-order valence-corrected chi connectivity index (χ4v) is 7.57. The Kier molecular flexibility index (Phi) is 6.49. The van der Waals surface area contributed by atoms with E-state index in [-0.39, 0.29) is 0 Å². The number of fused-ring (bicyclic) bond motifs is 8. The second kappa shape index (κ2) is 11.5. The van der Waals surface area contributed by atoms with Gasteiger partial charge in [0, 0.05) is 34.5 Å². The summed E-state index contributed by atoms with van der Waals surface area (Å²) in [5.41, 5.74) is 9.49. The Morgan fingerprint density at radius 2 is 1.08 bits per heavy atom. The van der Waals surface area contributed by atoms with Crippen LogP contribution >= 0.6 is 0 Å². The van der Waals surface area contributed by atoms with Gasteiger partial charge in [-0.15, -0.1) is 0 Å². The van der Waals surface area contributed by atoms with E-state index in [9.17, 15) is 0 Å². The Bertz CT molecular complexity index is 2850. The van der Waals surface area contributed by atoms with Crippen molar-refractivity contribution in [2.24, 2.45) is 0 Å². The van der Waals surface area contributed by atoms with Gasteiger partial charge in [0.15, 0.2) is 5.58 Å². The van der Waals surface area contributed by atoms with Crippen LogP contribution in [0.3, 0.4) is 0 Å². The zero-order chi connectivity index (χ0) is 33.0. The summed E-state index contributed by atoms with van der Waals surface area (Å²) in [5.74, 6) is 0. The van der Waals surface area contributed by atoms with Crippen molar-refractivity contribution in [2.45, 2.75) is 0 Å². The molecule has 0 amide bonds. The predicted octanol–water partition coefficient (Wildman–Crippen LogP) is 13.2. The molecule has 2 heterocycles. The molecule has 0 aliphatic heterocycles. The van der Waals surface area contributed by atoms with Crippen molar-refractivity contribution in [3.05, 3.63) is 182 Å². The van der Waals surface area contributed by atoms with Crippen LogP contribution in [0.5, 0.6) is 0 Å². The van der Waals surface area contributed by atoms with Crippen LogP contribution in [0.25, 0.3) is 76.5 Å². The summed E-state index contributed by atoms with van der Waals surface area (Å²) in [6.07, 6.45) is 3.66. The summed E-state index contributed by atoms with van der Waals surface area (Å²) in [4.78, 5) is 6.68. The molecule has 50 heavy (non-hydrogen) atoms. The number of rotatable bonds is 5. The highest BCUT2D eigenvalue weighted by Crippen LogP contribution is 2.44. The third kappa shape index (κ3) is 4.56. The highest BCUT2D eigenvalue weighted by atomic mass is 16.3. The van der Waals surface area contributed by atoms with Crippen LogP contribution < -0.4 is 4.90 Å². The molecule has 0 saturated carbocycles. The maximum absolute atomic E-state index is 6.53. The molecule has 0 saturated heterocycles. The molecule has 0 bridgehead atoms. The summed E-state index contributed by atoms with van der Waals surface area (Å²) < 4.78 is 6.53. The van der Waals surface area contributed by atoms with Crippen LogP contribution in [-0.2, 0) is 0 Å². The highest BCUT2D eigenvalue weighted by Gasteiger charge is 2.20. The van der Waals surface area contributed by atoms with Crippen LogP contribution in [0.15, 0.2) is 187 Å². The Labute approximate surface area is 289 Å². The van der Waals surface area contributed by atoms with Crippen molar-refractivity contribution >= 4 is 71.3 Å². The fourth-order valence-electron chi connectivity index (χ4n) is 7.57. The Morgan fingerprint density at radius 3 is 1.88 bits per heavy atom. The molecule has 3 heteroatoms. The first kappa shape index (κ1) is 28.3. The second-order valence-electron chi connectivity index (χ2n) is 12.8. The topological polar surface area (TPSA) is 29.3 Å². The fraction of sp³-hybridized carbons (Fsp3) is 0. The van der Waals surface area contributed by atoms with Crippen molar-refractivity contribution in [1.29, 1.82) is 0 Å². The van der Waals surface area contributed by atoms with Gasteiger partial charge in [0.1, 0.15) is 5.58 Å². The van der Waals surface area contributed by atoms with E-state index >= 15 is 0 Å². The van der Waals surface area contributed by atoms with Crippen LogP contribution in [-0.4, -0.2) is 4.98 Å². The number of furan rings is 1. The van der Waals surface area contributed by atoms with Gasteiger partial charge in [-0.25, -0.2) is 0 Å². The van der Waals surface area contributed by atoms with Gasteiger partial charge in [0.25, 0.3) is 0 Å². The van der Waals surface area contributed by atoms with Gasteiger partial charge < -0.3 is 9.32 Å². The van der Waals surface area contributed by atoms with Crippen LogP contribution in [0.2, 0.25) is 0 Å². The van der Waals surface area contributed by atoms with Crippen molar-refractivity contribution in [2.75, 3.05) is 4.90 Å². The third-order valence-electron chi connectivity index (χ3n) is 9.94. The van der Waals surface area contributed by atoms with E-state index in [1.54, 1.807) is 6.20 Å². The number of nitrogens with zero attached hydrogens (tertiary/aromatic N) is 2. The molecular formula is C47H30N2O. The molecule has 0 unspecified atom stereocenters. The average molecular weight is 639 g/mol. The van der Waals surface area contributed by atoms with Gasteiger partial charge in [0.2, 0.25) is 0 Å². The molecule has 3 nitrogen and oxygen atoms in total. The lowest BCUT2D eigenvalue weighted by molar-refractivity contribution is 0.668. The van der Waals surface area contributed by atoms with Crippen molar-refractivity contribution < 1.29 is 4.42 Å². The van der Waals surface area contributed by atoms with Gasteiger partial charge in [-0.3, -0.25) is 4.98 Å². The number of anilines is 3. The molecule has 2 aromatic heterocycles. The lowest BCUT2D eigenvalue weighted by Crippen LogP contribution is -2.10. The van der Waals surface area contributed by atoms with Gasteiger partial charge >= 0.3 is 0 Å². The minimum Gasteiger partial charge on any atom is -0.454 e. The zero-order valence-corrected chi connectivity index (χ0v) is 27.1. The second-order valence-corrected chi connectivity index (χ2v) is 12.8. The Hall–Kier alpha value is -6.71. The molecule has 0 spiro atoms. The SMILES string of the molecule is c1ccc(-c2ccc(N(c3ccc(-c4cc5ccc6ccccc6c5c5ccccc45)cc3)c3cccc4c3oc3ccncc34)cc2)cc1. The molecule has 0 radical (unpaired) electrons. The van der Waals surface area contributed by atoms with E-state index in [1.807, 2.05) is 12.3 Å². The number of aromatic nitrogens is 1. The summed E-state index contributed by atoms with van der Waals surface area (Å²) in [6.45, 7) is 0. The van der Waals surface area contributed by atoms with Crippen molar-refractivity contribution in [1.82, 2.24) is 4.98 Å². The van der Waals surface area contributed by atoms with E-state index in [0.29, 0.717) is 0 Å². The molecule has 0 aliphatic carbocycles. The lowest BCUT2D eigenvalue weighted by Gasteiger charge is -2.26. The van der Waals surface area contributed by atoms with E-state index in [1.165, 1.54) is 54.6 Å². The van der Waals surface area contributed by atoms with Gasteiger partial charge in [-0.2, -0.15) is 0 Å². The number of hydrogen-bond donors (Lipinski definition) is 0. The number of benzene rings is 8. The first-order valence-corrected chi connectivity index (χ1v) is 16.9. The van der Waals surface area contributed by atoms with E-state index in [4.69, 9.17) is 4.42 Å². The van der Waals surface area contributed by atoms with Crippen LogP contribution in [0.4, 0.5) is 17.1 Å². The molecule has 234 valence electrons. The quantitative estimate of drug-likeness (QED) is 0.176. The van der Waals surface area contributed by atoms with Gasteiger partial charge in [-0.1, -0.05) is 127 Å². The molecule has 0 fully saturated rings. The minimum atomic E-state index is 0.827. The number of para-hydroxylation sites is 1. The molecule has 10 aromatic rings.